The Morgan fingerprint density at radius 1 is 1.50 bits per heavy atom. The van der Waals surface area contributed by atoms with Crippen LogP contribution in [0.5, 0.6) is 0 Å². The summed E-state index contributed by atoms with van der Waals surface area (Å²) in [6.07, 6.45) is 1.26. The second-order valence-corrected chi connectivity index (χ2v) is 6.69. The van der Waals surface area contributed by atoms with Gasteiger partial charge in [-0.15, -0.1) is 0 Å². The topological polar surface area (TPSA) is 12.4 Å². The summed E-state index contributed by atoms with van der Waals surface area (Å²) in [5.74, 6) is 0. The SMILES string of the molecule is CCC(C)(C)I=NC. The minimum absolute atomic E-state index is 0.107. The Morgan fingerprint density at radius 2 is 2.00 bits per heavy atom. The predicted octanol–water partition coefficient (Wildman–Crippen LogP) is 2.96. The first-order chi connectivity index (χ1) is 3.62. The maximum absolute atomic E-state index is 4.19. The highest BCUT2D eigenvalue weighted by atomic mass is 127. The predicted molar refractivity (Wildman–Crippen MR) is 46.7 cm³/mol. The lowest BCUT2D eigenvalue weighted by atomic mass is 10.2. The molecule has 0 aliphatic rings. The first-order valence-electron chi connectivity index (χ1n) is 2.87. The Kier molecular flexibility index (Phi) is 3.77. The molecule has 8 heavy (non-hydrogen) atoms. The molecular formula is C6H14IN. The van der Waals surface area contributed by atoms with E-state index in [1.807, 2.05) is 7.05 Å². The number of hydrogen-bond acceptors (Lipinski definition) is 1. The van der Waals surface area contributed by atoms with Crippen LogP contribution in [0.1, 0.15) is 27.2 Å². The number of nitrogens with zero attached hydrogens (tertiary/aromatic N) is 1. The molecule has 0 aromatic heterocycles. The first kappa shape index (κ1) is 8.53. The van der Waals surface area contributed by atoms with Crippen molar-refractivity contribution in [3.8, 4) is 0 Å². The standard InChI is InChI=1S/C6H14IN/c1-5-6(2,3)7-8-4/h5H2,1-4H3. The summed E-state index contributed by atoms with van der Waals surface area (Å²) in [6, 6.07) is 0. The van der Waals surface area contributed by atoms with Gasteiger partial charge in [0.05, 0.1) is 0 Å². The van der Waals surface area contributed by atoms with E-state index in [9.17, 15) is 0 Å². The summed E-state index contributed by atoms with van der Waals surface area (Å²) in [4.78, 5) is 0. The van der Waals surface area contributed by atoms with Crippen LogP contribution >= 0.6 is 21.0 Å². The van der Waals surface area contributed by atoms with Crippen molar-refractivity contribution in [1.29, 1.82) is 0 Å². The quantitative estimate of drug-likeness (QED) is 0.508. The van der Waals surface area contributed by atoms with Gasteiger partial charge in [-0.1, -0.05) is 6.92 Å². The van der Waals surface area contributed by atoms with Gasteiger partial charge in [-0.25, -0.2) is 0 Å². The van der Waals surface area contributed by atoms with Crippen molar-refractivity contribution in [1.82, 2.24) is 0 Å². The molecule has 0 N–H and O–H groups in total. The fourth-order valence-corrected chi connectivity index (χ4v) is 1.94. The van der Waals surface area contributed by atoms with Gasteiger partial charge in [0.1, 0.15) is 0 Å². The van der Waals surface area contributed by atoms with Crippen LogP contribution < -0.4 is 0 Å². The Morgan fingerprint density at radius 3 is 2.12 bits per heavy atom. The summed E-state index contributed by atoms with van der Waals surface area (Å²) < 4.78 is 4.72. The van der Waals surface area contributed by atoms with Crippen LogP contribution in [0.4, 0.5) is 0 Å². The van der Waals surface area contributed by atoms with Crippen LogP contribution in [-0.2, 0) is 0 Å². The molecule has 0 radical (unpaired) electrons. The van der Waals surface area contributed by atoms with Gasteiger partial charge in [0.15, 0.2) is 0 Å². The molecule has 0 fully saturated rings. The van der Waals surface area contributed by atoms with E-state index in [4.69, 9.17) is 0 Å². The van der Waals surface area contributed by atoms with Gasteiger partial charge in [-0.2, -0.15) is 0 Å². The van der Waals surface area contributed by atoms with E-state index in [1.54, 1.807) is 0 Å². The van der Waals surface area contributed by atoms with Crippen molar-refractivity contribution in [2.24, 2.45) is 3.15 Å². The summed E-state index contributed by atoms with van der Waals surface area (Å²) in [5.41, 5.74) is 0. The van der Waals surface area contributed by atoms with Gasteiger partial charge < -0.3 is 0 Å². The van der Waals surface area contributed by atoms with Gasteiger partial charge in [0, 0.05) is 10.5 Å². The smallest absolute Gasteiger partial charge is 0.0332 e. The molecule has 0 spiro atoms. The molecule has 0 unspecified atom stereocenters. The third kappa shape index (κ3) is 3.52. The normalized spacial score (nSPS) is 14.0. The highest BCUT2D eigenvalue weighted by Crippen LogP contribution is 2.27. The average molecular weight is 227 g/mol. The first-order valence-corrected chi connectivity index (χ1v) is 4.91. The maximum Gasteiger partial charge on any atom is 0.0332 e. The fourth-order valence-electron chi connectivity index (χ4n) is 0.289. The van der Waals surface area contributed by atoms with Crippen molar-refractivity contribution in [3.63, 3.8) is 0 Å². The molecule has 0 saturated heterocycles. The van der Waals surface area contributed by atoms with Crippen LogP contribution in [0.3, 0.4) is 0 Å². The average Bonchev–Trinajstić information content (AvgIpc) is 1.67. The molecule has 0 rings (SSSR count). The second kappa shape index (κ2) is 3.54. The minimum Gasteiger partial charge on any atom is -0.266 e. The molecule has 0 amide bonds. The second-order valence-electron chi connectivity index (χ2n) is 2.33. The third-order valence-electron chi connectivity index (χ3n) is 1.15. The van der Waals surface area contributed by atoms with Gasteiger partial charge >= 0.3 is 0 Å². The van der Waals surface area contributed by atoms with E-state index in [2.05, 4.69) is 23.9 Å². The molecular weight excluding hydrogens is 213 g/mol. The minimum atomic E-state index is 0.107. The molecule has 0 atom stereocenters. The maximum atomic E-state index is 4.19. The van der Waals surface area contributed by atoms with Crippen LogP contribution in [0, 0.1) is 0 Å². The summed E-state index contributed by atoms with van der Waals surface area (Å²) >= 11 is 0.107. The highest BCUT2D eigenvalue weighted by Gasteiger charge is 2.10. The third-order valence-corrected chi connectivity index (χ3v) is 3.71. The Labute approximate surface area is 62.0 Å². The zero-order valence-electron chi connectivity index (χ0n) is 6.03. The van der Waals surface area contributed by atoms with Crippen molar-refractivity contribution >= 4 is 21.0 Å². The van der Waals surface area contributed by atoms with E-state index in [1.165, 1.54) is 6.42 Å². The number of halogens is 1. The summed E-state index contributed by atoms with van der Waals surface area (Å²) in [7, 11) is 1.92. The largest absolute Gasteiger partial charge is 0.266 e. The van der Waals surface area contributed by atoms with Crippen LogP contribution in [-0.4, -0.2) is 10.5 Å². The molecule has 0 bridgehead atoms. The lowest BCUT2D eigenvalue weighted by Crippen LogP contribution is -2.06. The summed E-state index contributed by atoms with van der Waals surface area (Å²) in [6.45, 7) is 6.80. The molecule has 0 aromatic carbocycles. The zero-order chi connectivity index (χ0) is 6.62. The van der Waals surface area contributed by atoms with Gasteiger partial charge in [0.25, 0.3) is 0 Å². The van der Waals surface area contributed by atoms with Crippen molar-refractivity contribution in [2.75, 3.05) is 7.05 Å². The molecule has 0 aromatic rings. The Balaban J connectivity index is 3.71. The van der Waals surface area contributed by atoms with Crippen LogP contribution in [0.25, 0.3) is 0 Å². The fraction of sp³-hybridized carbons (Fsp3) is 1.00. The van der Waals surface area contributed by atoms with Crippen molar-refractivity contribution in [3.05, 3.63) is 0 Å². The van der Waals surface area contributed by atoms with Crippen molar-refractivity contribution in [2.45, 2.75) is 30.6 Å². The van der Waals surface area contributed by atoms with E-state index in [0.29, 0.717) is 3.42 Å². The van der Waals surface area contributed by atoms with Gasteiger partial charge in [0.2, 0.25) is 0 Å². The number of rotatable bonds is 2. The van der Waals surface area contributed by atoms with Crippen LogP contribution in [0.2, 0.25) is 0 Å². The zero-order valence-corrected chi connectivity index (χ0v) is 8.19. The van der Waals surface area contributed by atoms with Crippen LogP contribution in [0.15, 0.2) is 3.15 Å². The number of hydrogen-bond donors (Lipinski definition) is 0. The highest BCUT2D eigenvalue weighted by molar-refractivity contribution is 14.2. The van der Waals surface area contributed by atoms with Crippen molar-refractivity contribution < 1.29 is 0 Å². The Hall–Kier alpha value is 0.530. The van der Waals surface area contributed by atoms with E-state index in [0.717, 1.165) is 0 Å². The molecule has 0 saturated carbocycles. The Bertz CT molecular complexity index is 86.5. The monoisotopic (exact) mass is 227 g/mol. The van der Waals surface area contributed by atoms with E-state index in [-0.39, 0.29) is 21.0 Å². The molecule has 2 heteroatoms. The molecule has 50 valence electrons. The molecule has 0 heterocycles. The summed E-state index contributed by atoms with van der Waals surface area (Å²) in [5, 5.41) is 0. The van der Waals surface area contributed by atoms with E-state index >= 15 is 0 Å². The van der Waals surface area contributed by atoms with E-state index < -0.39 is 0 Å². The molecule has 1 nitrogen and oxygen atoms in total. The molecule has 0 aliphatic heterocycles. The van der Waals surface area contributed by atoms with Gasteiger partial charge in [-0.3, -0.25) is 3.15 Å². The lowest BCUT2D eigenvalue weighted by molar-refractivity contribution is 0.718. The number of alkyl halides is 1. The van der Waals surface area contributed by atoms with Gasteiger partial charge in [-0.05, 0) is 41.3 Å². The lowest BCUT2D eigenvalue weighted by Gasteiger charge is -2.13. The molecule has 0 aliphatic carbocycles.